The summed E-state index contributed by atoms with van der Waals surface area (Å²) in [5.74, 6) is 0.784. The van der Waals surface area contributed by atoms with E-state index in [4.69, 9.17) is 12.2 Å². The Kier molecular flexibility index (Phi) is 13.9. The van der Waals surface area contributed by atoms with Crippen molar-refractivity contribution in [3.63, 3.8) is 0 Å². The van der Waals surface area contributed by atoms with E-state index in [0.717, 1.165) is 17.0 Å². The van der Waals surface area contributed by atoms with Crippen LogP contribution in [0.2, 0.25) is 0 Å². The minimum Gasteiger partial charge on any atom is -0.174 e. The number of thiol groups is 1. The van der Waals surface area contributed by atoms with Crippen molar-refractivity contribution in [2.45, 2.75) is 77.6 Å². The summed E-state index contributed by atoms with van der Waals surface area (Å²) in [6.45, 7) is 2.27. The Labute approximate surface area is 113 Å². The normalized spacial score (nSPS) is 10.6. The van der Waals surface area contributed by atoms with Gasteiger partial charge in [0, 0.05) is 10.6 Å². The van der Waals surface area contributed by atoms with Gasteiger partial charge in [0.2, 0.25) is 0 Å². The Bertz CT molecular complexity index is 155. The van der Waals surface area contributed by atoms with Gasteiger partial charge in [0.25, 0.3) is 0 Å². The molecule has 0 spiro atoms. The fourth-order valence-corrected chi connectivity index (χ4v) is 2.19. The van der Waals surface area contributed by atoms with Crippen LogP contribution in [0.1, 0.15) is 77.6 Å². The molecule has 0 saturated heterocycles. The molecular formula is C14H28S2. The zero-order valence-corrected chi connectivity index (χ0v) is 12.6. The van der Waals surface area contributed by atoms with E-state index in [-0.39, 0.29) is 0 Å². The minimum absolute atomic E-state index is 0.784. The van der Waals surface area contributed by atoms with E-state index in [1.165, 1.54) is 64.2 Å². The van der Waals surface area contributed by atoms with Crippen molar-refractivity contribution < 1.29 is 0 Å². The van der Waals surface area contributed by atoms with E-state index in [1.54, 1.807) is 0 Å². The van der Waals surface area contributed by atoms with Gasteiger partial charge in [0.05, 0.1) is 0 Å². The molecule has 0 fully saturated rings. The van der Waals surface area contributed by atoms with Crippen LogP contribution in [0.25, 0.3) is 0 Å². The van der Waals surface area contributed by atoms with E-state index >= 15 is 0 Å². The van der Waals surface area contributed by atoms with Crippen molar-refractivity contribution in [1.82, 2.24) is 0 Å². The molecule has 0 saturated carbocycles. The predicted molar refractivity (Wildman–Crippen MR) is 82.9 cm³/mol. The van der Waals surface area contributed by atoms with Crippen molar-refractivity contribution in [2.75, 3.05) is 5.75 Å². The average molecular weight is 261 g/mol. The van der Waals surface area contributed by atoms with Gasteiger partial charge >= 0.3 is 0 Å². The maximum atomic E-state index is 5.14. The van der Waals surface area contributed by atoms with Crippen LogP contribution < -0.4 is 0 Å². The van der Waals surface area contributed by atoms with Crippen molar-refractivity contribution >= 4 is 29.7 Å². The molecular weight excluding hydrogens is 232 g/mol. The maximum Gasteiger partial charge on any atom is 0.0218 e. The van der Waals surface area contributed by atoms with Gasteiger partial charge < -0.3 is 0 Å². The minimum atomic E-state index is 0.784. The Hall–Kier alpha value is 0.440. The fraction of sp³-hybridized carbons (Fsp3) is 0.929. The molecule has 0 radical (unpaired) electrons. The highest BCUT2D eigenvalue weighted by Gasteiger charge is 1.95. The molecule has 96 valence electrons. The second-order valence-electron chi connectivity index (χ2n) is 4.63. The molecule has 0 aromatic heterocycles. The molecule has 0 unspecified atom stereocenters. The molecule has 0 aliphatic carbocycles. The van der Waals surface area contributed by atoms with Crippen LogP contribution in [0.3, 0.4) is 0 Å². The molecule has 2 heteroatoms. The van der Waals surface area contributed by atoms with Crippen molar-refractivity contribution in [3.05, 3.63) is 0 Å². The molecule has 0 aromatic rings. The first-order valence-corrected chi connectivity index (χ1v) is 7.98. The first-order chi connectivity index (χ1) is 7.81. The van der Waals surface area contributed by atoms with Gasteiger partial charge in [0.15, 0.2) is 0 Å². The summed E-state index contributed by atoms with van der Waals surface area (Å²) >= 11 is 9.31. The first-order valence-electron chi connectivity index (χ1n) is 6.93. The molecule has 0 atom stereocenters. The lowest BCUT2D eigenvalue weighted by molar-refractivity contribution is 0.559. The van der Waals surface area contributed by atoms with E-state index in [2.05, 4.69) is 19.6 Å². The summed E-state index contributed by atoms with van der Waals surface area (Å²) in [7, 11) is 0. The first kappa shape index (κ1) is 16.4. The van der Waals surface area contributed by atoms with E-state index < -0.39 is 0 Å². The van der Waals surface area contributed by atoms with Crippen LogP contribution in [0.15, 0.2) is 0 Å². The molecule has 0 bridgehead atoms. The molecule has 0 aliphatic rings. The van der Waals surface area contributed by atoms with Crippen LogP contribution in [-0.4, -0.2) is 10.6 Å². The largest absolute Gasteiger partial charge is 0.174 e. The molecule has 0 amide bonds. The molecule has 0 rings (SSSR count). The Morgan fingerprint density at radius 3 is 1.69 bits per heavy atom. The van der Waals surface area contributed by atoms with Gasteiger partial charge in [-0.2, -0.15) is 12.6 Å². The number of hydrogen-bond acceptors (Lipinski definition) is 2. The molecule has 0 N–H and O–H groups in total. The SMILES string of the molecule is CCCCCCCCCCCCC(=S)CS. The lowest BCUT2D eigenvalue weighted by Crippen LogP contribution is -1.95. The highest BCUT2D eigenvalue weighted by atomic mass is 32.1. The van der Waals surface area contributed by atoms with E-state index in [0.29, 0.717) is 0 Å². The quantitative estimate of drug-likeness (QED) is 0.271. The third kappa shape index (κ3) is 12.5. The molecule has 16 heavy (non-hydrogen) atoms. The third-order valence-corrected chi connectivity index (χ3v) is 3.93. The smallest absolute Gasteiger partial charge is 0.0218 e. The molecule has 0 aliphatic heterocycles. The number of thiocarbonyl (C=S) groups is 1. The van der Waals surface area contributed by atoms with Gasteiger partial charge in [-0.15, -0.1) is 0 Å². The molecule has 0 aromatic carbocycles. The standard InChI is InChI=1S/C14H28S2/c1-2-3-4-5-6-7-8-9-10-11-12-14(16)13-15/h15H,2-13H2,1H3. The van der Waals surface area contributed by atoms with E-state index in [1.807, 2.05) is 0 Å². The third-order valence-electron chi connectivity index (χ3n) is 2.99. The van der Waals surface area contributed by atoms with E-state index in [9.17, 15) is 0 Å². The van der Waals surface area contributed by atoms with Crippen molar-refractivity contribution in [1.29, 1.82) is 0 Å². The fourth-order valence-electron chi connectivity index (χ4n) is 1.89. The zero-order valence-electron chi connectivity index (χ0n) is 10.8. The van der Waals surface area contributed by atoms with Crippen molar-refractivity contribution in [3.8, 4) is 0 Å². The van der Waals surface area contributed by atoms with Gasteiger partial charge in [-0.25, -0.2) is 0 Å². The summed E-state index contributed by atoms with van der Waals surface area (Å²) in [6.07, 6.45) is 15.1. The summed E-state index contributed by atoms with van der Waals surface area (Å²) in [4.78, 5) is 1.13. The second-order valence-corrected chi connectivity index (χ2v) is 5.52. The van der Waals surface area contributed by atoms with Crippen molar-refractivity contribution in [2.24, 2.45) is 0 Å². The Morgan fingerprint density at radius 1 is 0.812 bits per heavy atom. The monoisotopic (exact) mass is 260 g/mol. The second kappa shape index (κ2) is 13.5. The lowest BCUT2D eigenvalue weighted by atomic mass is 10.1. The zero-order chi connectivity index (χ0) is 12.1. The number of hydrogen-bond donors (Lipinski definition) is 1. The lowest BCUT2D eigenvalue weighted by Gasteiger charge is -2.02. The predicted octanol–water partition coefficient (Wildman–Crippen LogP) is 5.60. The summed E-state index contributed by atoms with van der Waals surface area (Å²) in [5, 5.41) is 0. The summed E-state index contributed by atoms with van der Waals surface area (Å²) < 4.78 is 0. The van der Waals surface area contributed by atoms with Crippen LogP contribution in [0, 0.1) is 0 Å². The Balaban J connectivity index is 2.96. The topological polar surface area (TPSA) is 0 Å². The molecule has 0 heterocycles. The summed E-state index contributed by atoms with van der Waals surface area (Å²) in [5.41, 5.74) is 0. The summed E-state index contributed by atoms with van der Waals surface area (Å²) in [6, 6.07) is 0. The van der Waals surface area contributed by atoms with Crippen LogP contribution in [-0.2, 0) is 0 Å². The van der Waals surface area contributed by atoms with Gasteiger partial charge in [-0.3, -0.25) is 0 Å². The molecule has 0 nitrogen and oxygen atoms in total. The number of rotatable bonds is 12. The van der Waals surface area contributed by atoms with Gasteiger partial charge in [0.1, 0.15) is 0 Å². The number of unbranched alkanes of at least 4 members (excludes halogenated alkanes) is 9. The highest BCUT2D eigenvalue weighted by molar-refractivity contribution is 7.86. The maximum absolute atomic E-state index is 5.14. The van der Waals surface area contributed by atoms with Crippen LogP contribution >= 0.6 is 24.8 Å². The Morgan fingerprint density at radius 2 is 1.25 bits per heavy atom. The average Bonchev–Trinajstić information content (AvgIpc) is 2.31. The van der Waals surface area contributed by atoms with Crippen LogP contribution in [0.4, 0.5) is 0 Å². The van der Waals surface area contributed by atoms with Gasteiger partial charge in [-0.1, -0.05) is 76.9 Å². The highest BCUT2D eigenvalue weighted by Crippen LogP contribution is 2.11. The van der Waals surface area contributed by atoms with Crippen LogP contribution in [0.5, 0.6) is 0 Å². The van der Waals surface area contributed by atoms with Gasteiger partial charge in [-0.05, 0) is 12.8 Å².